The van der Waals surface area contributed by atoms with E-state index in [0.29, 0.717) is 12.2 Å². The standard InChI is InChI=1S/C27H30N4O4S/c1-15-4-8-17(9-5-15)21-22-19(12-27(2,3)13-20(22)32)28-24-23(21)25(33)30-26(29-24)36-14-16-6-10-18(11-7-16)31(34)35/h4-11,21,23-24,26,28-29H,12-14H2,1-3H3,(H,30,33). The fourth-order valence-corrected chi connectivity index (χ4v) is 6.48. The van der Waals surface area contributed by atoms with Crippen molar-refractivity contribution in [1.82, 2.24) is 16.0 Å². The second-order valence-electron chi connectivity index (χ2n) is 10.7. The Morgan fingerprint density at radius 3 is 2.39 bits per heavy atom. The first-order valence-electron chi connectivity index (χ1n) is 12.1. The first-order valence-corrected chi connectivity index (χ1v) is 13.2. The third-order valence-corrected chi connectivity index (χ3v) is 8.27. The van der Waals surface area contributed by atoms with Crippen molar-refractivity contribution < 1.29 is 14.5 Å². The number of carbonyl (C=O) groups excluding carboxylic acids is 2. The number of nitro benzene ring substituents is 1. The molecule has 4 atom stereocenters. The van der Waals surface area contributed by atoms with Crippen molar-refractivity contribution in [2.45, 2.75) is 56.9 Å². The molecule has 0 radical (unpaired) electrons. The van der Waals surface area contributed by atoms with E-state index in [9.17, 15) is 19.7 Å². The number of Topliss-reactive ketones (excluding diaryl/α,β-unsaturated/α-hetero) is 1. The van der Waals surface area contributed by atoms with E-state index in [1.165, 1.54) is 23.9 Å². The zero-order valence-electron chi connectivity index (χ0n) is 20.5. The van der Waals surface area contributed by atoms with E-state index < -0.39 is 10.8 Å². The number of amides is 1. The van der Waals surface area contributed by atoms with Gasteiger partial charge >= 0.3 is 0 Å². The molecule has 8 nitrogen and oxygen atoms in total. The van der Waals surface area contributed by atoms with Crippen molar-refractivity contribution in [1.29, 1.82) is 0 Å². The molecule has 3 aliphatic rings. The number of non-ortho nitro benzene ring substituents is 1. The van der Waals surface area contributed by atoms with Crippen LogP contribution < -0.4 is 16.0 Å². The number of ketones is 1. The van der Waals surface area contributed by atoms with Crippen LogP contribution in [0.4, 0.5) is 5.69 Å². The number of rotatable bonds is 5. The molecule has 0 spiro atoms. The van der Waals surface area contributed by atoms with E-state index in [1.807, 2.05) is 31.2 Å². The lowest BCUT2D eigenvalue weighted by atomic mass is 9.66. The van der Waals surface area contributed by atoms with Crippen LogP contribution in [-0.4, -0.2) is 28.3 Å². The topological polar surface area (TPSA) is 113 Å². The molecule has 1 aliphatic carbocycles. The van der Waals surface area contributed by atoms with Crippen LogP contribution in [0.2, 0.25) is 0 Å². The van der Waals surface area contributed by atoms with Gasteiger partial charge in [-0.2, -0.15) is 0 Å². The molecule has 2 aliphatic heterocycles. The quantitative estimate of drug-likeness (QED) is 0.413. The normalized spacial score (nSPS) is 27.0. The highest BCUT2D eigenvalue weighted by Gasteiger charge is 2.50. The molecule has 2 aromatic carbocycles. The van der Waals surface area contributed by atoms with Gasteiger partial charge in [-0.3, -0.25) is 25.0 Å². The minimum absolute atomic E-state index is 0.0540. The Balaban J connectivity index is 1.40. The summed E-state index contributed by atoms with van der Waals surface area (Å²) in [5, 5.41) is 21.1. The molecule has 1 fully saturated rings. The van der Waals surface area contributed by atoms with Crippen LogP contribution in [0.15, 0.2) is 59.8 Å². The number of carbonyl (C=O) groups is 2. The number of hydrogen-bond donors (Lipinski definition) is 3. The fraction of sp³-hybridized carbons (Fsp3) is 0.407. The van der Waals surface area contributed by atoms with E-state index >= 15 is 0 Å². The van der Waals surface area contributed by atoms with Gasteiger partial charge in [-0.15, -0.1) is 11.8 Å². The summed E-state index contributed by atoms with van der Waals surface area (Å²) in [7, 11) is 0. The van der Waals surface area contributed by atoms with Crippen LogP contribution in [0, 0.1) is 28.4 Å². The van der Waals surface area contributed by atoms with Gasteiger partial charge in [-0.25, -0.2) is 0 Å². The lowest BCUT2D eigenvalue weighted by molar-refractivity contribution is -0.384. The summed E-state index contributed by atoms with van der Waals surface area (Å²) in [6.07, 6.45) is 0.902. The van der Waals surface area contributed by atoms with Gasteiger partial charge < -0.3 is 10.6 Å². The van der Waals surface area contributed by atoms with Gasteiger partial charge in [0, 0.05) is 41.5 Å². The van der Waals surface area contributed by atoms with Gasteiger partial charge in [-0.05, 0) is 29.9 Å². The third kappa shape index (κ3) is 4.77. The Morgan fingerprint density at radius 1 is 1.03 bits per heavy atom. The van der Waals surface area contributed by atoms with Crippen molar-refractivity contribution in [3.63, 3.8) is 0 Å². The highest BCUT2D eigenvalue weighted by Crippen LogP contribution is 2.47. The number of hydrogen-bond acceptors (Lipinski definition) is 7. The van der Waals surface area contributed by atoms with Crippen molar-refractivity contribution in [3.8, 4) is 0 Å². The summed E-state index contributed by atoms with van der Waals surface area (Å²) in [6.45, 7) is 6.23. The first kappa shape index (κ1) is 24.5. The largest absolute Gasteiger partial charge is 0.372 e. The number of nitrogens with one attached hydrogen (secondary N) is 3. The minimum atomic E-state index is -0.465. The zero-order chi connectivity index (χ0) is 25.6. The van der Waals surface area contributed by atoms with Crippen LogP contribution in [0.1, 0.15) is 49.3 Å². The number of benzene rings is 2. The molecule has 5 rings (SSSR count). The predicted molar refractivity (Wildman–Crippen MR) is 139 cm³/mol. The Morgan fingerprint density at radius 2 is 1.72 bits per heavy atom. The summed E-state index contributed by atoms with van der Waals surface area (Å²) in [6, 6.07) is 14.6. The highest BCUT2D eigenvalue weighted by atomic mass is 32.2. The molecule has 0 bridgehead atoms. The molecule has 0 saturated carbocycles. The molecule has 0 aromatic heterocycles. The molecule has 9 heteroatoms. The van der Waals surface area contributed by atoms with Crippen molar-refractivity contribution >= 4 is 29.1 Å². The molecule has 2 heterocycles. The average molecular weight is 507 g/mol. The smallest absolute Gasteiger partial charge is 0.269 e. The SMILES string of the molecule is Cc1ccc(C2C3=C(CC(C)(C)CC3=O)NC3NC(SCc4ccc([N+](=O)[O-])cc4)NC(=O)C32)cc1. The second-order valence-corrected chi connectivity index (χ2v) is 11.8. The molecule has 188 valence electrons. The third-order valence-electron chi connectivity index (χ3n) is 7.19. The maximum absolute atomic E-state index is 13.5. The van der Waals surface area contributed by atoms with Crippen molar-refractivity contribution in [2.24, 2.45) is 11.3 Å². The van der Waals surface area contributed by atoms with E-state index in [1.54, 1.807) is 12.1 Å². The van der Waals surface area contributed by atoms with E-state index in [-0.39, 0.29) is 40.4 Å². The first-order chi connectivity index (χ1) is 17.1. The minimum Gasteiger partial charge on any atom is -0.372 e. The average Bonchev–Trinajstić information content (AvgIpc) is 2.81. The number of aryl methyl sites for hydroxylation is 1. The Labute approximate surface area is 214 Å². The van der Waals surface area contributed by atoms with Gasteiger partial charge in [0.2, 0.25) is 5.91 Å². The van der Waals surface area contributed by atoms with Crippen molar-refractivity contribution in [2.75, 3.05) is 0 Å². The van der Waals surface area contributed by atoms with Crippen LogP contribution in [-0.2, 0) is 15.3 Å². The fourth-order valence-electron chi connectivity index (χ4n) is 5.48. The van der Waals surface area contributed by atoms with Gasteiger partial charge in [0.1, 0.15) is 5.50 Å². The van der Waals surface area contributed by atoms with Crippen LogP contribution in [0.3, 0.4) is 0 Å². The molecule has 1 amide bonds. The number of fused-ring (bicyclic) bond motifs is 1. The molecule has 4 unspecified atom stereocenters. The molecule has 1 saturated heterocycles. The molecular formula is C27H30N4O4S. The van der Waals surface area contributed by atoms with Crippen LogP contribution in [0.5, 0.6) is 0 Å². The predicted octanol–water partition coefficient (Wildman–Crippen LogP) is 4.11. The van der Waals surface area contributed by atoms with Crippen molar-refractivity contribution in [3.05, 3.63) is 86.6 Å². The maximum Gasteiger partial charge on any atom is 0.269 e. The number of thioether (sulfide) groups is 1. The molecular weight excluding hydrogens is 476 g/mol. The molecule has 3 N–H and O–H groups in total. The summed E-state index contributed by atoms with van der Waals surface area (Å²) >= 11 is 1.52. The van der Waals surface area contributed by atoms with Gasteiger partial charge in [0.15, 0.2) is 5.78 Å². The zero-order valence-corrected chi connectivity index (χ0v) is 21.4. The summed E-state index contributed by atoms with van der Waals surface area (Å²) in [4.78, 5) is 37.4. The van der Waals surface area contributed by atoms with Gasteiger partial charge in [0.05, 0.1) is 17.0 Å². The highest BCUT2D eigenvalue weighted by molar-refractivity contribution is 7.99. The Bertz CT molecular complexity index is 1240. The molecule has 2 aromatic rings. The van der Waals surface area contributed by atoms with Crippen LogP contribution in [0.25, 0.3) is 0 Å². The van der Waals surface area contributed by atoms with E-state index in [0.717, 1.165) is 34.4 Å². The monoisotopic (exact) mass is 506 g/mol. The summed E-state index contributed by atoms with van der Waals surface area (Å²) in [5.41, 5.74) is 4.29. The van der Waals surface area contributed by atoms with Gasteiger partial charge in [-0.1, -0.05) is 55.8 Å². The lowest BCUT2D eigenvalue weighted by Crippen LogP contribution is -2.68. The maximum atomic E-state index is 13.5. The summed E-state index contributed by atoms with van der Waals surface area (Å²) < 4.78 is 0. The Kier molecular flexibility index (Phi) is 6.38. The number of nitrogens with zero attached hydrogens (tertiary/aromatic N) is 1. The van der Waals surface area contributed by atoms with E-state index in [2.05, 4.69) is 29.8 Å². The van der Waals surface area contributed by atoms with Crippen LogP contribution >= 0.6 is 11.8 Å². The second kappa shape index (κ2) is 9.37. The Hall–Kier alpha value is -3.17. The molecule has 36 heavy (non-hydrogen) atoms. The van der Waals surface area contributed by atoms with E-state index in [4.69, 9.17) is 0 Å². The lowest BCUT2D eigenvalue weighted by Gasteiger charge is -2.48. The summed E-state index contributed by atoms with van der Waals surface area (Å²) in [5.74, 6) is -0.187. The number of nitro groups is 1. The number of allylic oxidation sites excluding steroid dienone is 2. The van der Waals surface area contributed by atoms with Gasteiger partial charge in [0.25, 0.3) is 5.69 Å².